The molecule has 2 aromatic rings. The molecular formula is C17H19FN6O6. The number of hydrogen-bond acceptors (Lipinski definition) is 9. The first-order valence-electron chi connectivity index (χ1n) is 8.64. The number of alkyl halides is 1. The highest BCUT2D eigenvalue weighted by atomic mass is 19.1. The summed E-state index contributed by atoms with van der Waals surface area (Å²) in [6, 6.07) is 6.35. The third-order valence-electron chi connectivity index (χ3n) is 4.58. The summed E-state index contributed by atoms with van der Waals surface area (Å²) < 4.78 is 31.0. The van der Waals surface area contributed by atoms with Gasteiger partial charge in [-0.15, -0.1) is 0 Å². The maximum absolute atomic E-state index is 14.6. The van der Waals surface area contributed by atoms with Gasteiger partial charge in [-0.3, -0.25) is 4.57 Å². The fourth-order valence-corrected chi connectivity index (χ4v) is 3.00. The first kappa shape index (κ1) is 21.3. The van der Waals surface area contributed by atoms with E-state index in [2.05, 4.69) is 20.3 Å². The largest absolute Gasteiger partial charge is 0.497 e. The van der Waals surface area contributed by atoms with Crippen molar-refractivity contribution in [2.45, 2.75) is 24.2 Å². The van der Waals surface area contributed by atoms with E-state index >= 15 is 0 Å². The summed E-state index contributed by atoms with van der Waals surface area (Å²) >= 11 is 0. The van der Waals surface area contributed by atoms with E-state index in [0.29, 0.717) is 17.2 Å². The lowest BCUT2D eigenvalue weighted by atomic mass is 10.1. The second kappa shape index (κ2) is 8.55. The number of anilines is 2. The van der Waals surface area contributed by atoms with E-state index in [1.807, 2.05) is 0 Å². The summed E-state index contributed by atoms with van der Waals surface area (Å²) in [4.78, 5) is 18.7. The Morgan fingerprint density at radius 3 is 2.80 bits per heavy atom. The summed E-state index contributed by atoms with van der Waals surface area (Å²) in [6.07, 6.45) is -4.58. The summed E-state index contributed by atoms with van der Waals surface area (Å²) in [5.41, 5.74) is 5.97. The number of halogens is 1. The molecule has 12 nitrogen and oxygen atoms in total. The number of aromatic nitrogens is 2. The molecule has 3 rings (SSSR count). The average Bonchev–Trinajstić information content (AvgIpc) is 3.00. The number of nitrogens with zero attached hydrogens (tertiary/aromatic N) is 5. The molecule has 1 aromatic carbocycles. The van der Waals surface area contributed by atoms with Crippen LogP contribution in [0.1, 0.15) is 6.23 Å². The number of aliphatic hydroxyl groups is 2. The smallest absolute Gasteiger partial charge is 0.351 e. The van der Waals surface area contributed by atoms with Crippen molar-refractivity contribution in [3.63, 3.8) is 0 Å². The molecule has 1 fully saturated rings. The van der Waals surface area contributed by atoms with Crippen LogP contribution in [0.5, 0.6) is 11.5 Å². The van der Waals surface area contributed by atoms with Gasteiger partial charge in [-0.2, -0.15) is 4.98 Å². The predicted octanol–water partition coefficient (Wildman–Crippen LogP) is 1.23. The van der Waals surface area contributed by atoms with Gasteiger partial charge in [0.05, 0.1) is 26.5 Å². The van der Waals surface area contributed by atoms with Crippen LogP contribution in [0.2, 0.25) is 0 Å². The third kappa shape index (κ3) is 3.74. The zero-order valence-corrected chi connectivity index (χ0v) is 16.0. The molecule has 1 aromatic heterocycles. The quantitative estimate of drug-likeness (QED) is 0.341. The van der Waals surface area contributed by atoms with Crippen molar-refractivity contribution >= 4 is 11.5 Å². The van der Waals surface area contributed by atoms with Crippen molar-refractivity contribution in [1.82, 2.24) is 9.55 Å². The number of aliphatic hydroxyl groups excluding tert-OH is 2. The van der Waals surface area contributed by atoms with Gasteiger partial charge in [0.15, 0.2) is 12.4 Å². The molecule has 4 atom stereocenters. The first-order chi connectivity index (χ1) is 14.4. The summed E-state index contributed by atoms with van der Waals surface area (Å²) in [7, 11) is 2.98. The summed E-state index contributed by atoms with van der Waals surface area (Å²) in [5.74, 6) is 1.14. The van der Waals surface area contributed by atoms with Gasteiger partial charge in [0.1, 0.15) is 23.4 Å². The Morgan fingerprint density at radius 2 is 2.20 bits per heavy atom. The molecule has 0 spiro atoms. The van der Waals surface area contributed by atoms with Crippen molar-refractivity contribution in [3.8, 4) is 11.5 Å². The molecule has 1 saturated heterocycles. The van der Waals surface area contributed by atoms with Gasteiger partial charge in [0.25, 0.3) is 0 Å². The molecule has 0 unspecified atom stereocenters. The van der Waals surface area contributed by atoms with Crippen molar-refractivity contribution in [2.24, 2.45) is 5.11 Å². The molecule has 0 aliphatic carbocycles. The SMILES string of the molecule is COc1ccc(Nc2ccn([C@@H]3O[C@@](CO)(N=[N+]=[N-])[C@@H](O)[C@@H]3F)c(=O)n2)c(OC)c1. The highest BCUT2D eigenvalue weighted by Gasteiger charge is 2.56. The topological polar surface area (TPSA) is 164 Å². The first-order valence-corrected chi connectivity index (χ1v) is 8.64. The maximum atomic E-state index is 14.6. The number of ether oxygens (including phenoxy) is 3. The molecule has 1 aliphatic rings. The molecule has 0 saturated carbocycles. The van der Waals surface area contributed by atoms with E-state index in [1.165, 1.54) is 26.5 Å². The van der Waals surface area contributed by atoms with Crippen molar-refractivity contribution < 1.29 is 28.8 Å². The van der Waals surface area contributed by atoms with E-state index in [-0.39, 0.29) is 5.82 Å². The van der Waals surface area contributed by atoms with E-state index < -0.39 is 36.5 Å². The van der Waals surface area contributed by atoms with Gasteiger partial charge in [0.2, 0.25) is 5.72 Å². The Kier molecular flexibility index (Phi) is 6.08. The predicted molar refractivity (Wildman–Crippen MR) is 101 cm³/mol. The fraction of sp³-hybridized carbons (Fsp3) is 0.412. The minimum atomic E-state index is -2.24. The van der Waals surface area contributed by atoms with E-state index in [1.54, 1.807) is 18.2 Å². The lowest BCUT2D eigenvalue weighted by Crippen LogP contribution is -2.43. The Bertz CT molecular complexity index is 1030. The van der Waals surface area contributed by atoms with Gasteiger partial charge < -0.3 is 29.7 Å². The Hall–Kier alpha value is -3.38. The second-order valence-electron chi connectivity index (χ2n) is 6.28. The molecule has 13 heteroatoms. The molecule has 3 N–H and O–H groups in total. The molecule has 1 aliphatic heterocycles. The number of benzene rings is 1. The van der Waals surface area contributed by atoms with Crippen molar-refractivity contribution in [1.29, 1.82) is 0 Å². The van der Waals surface area contributed by atoms with Gasteiger partial charge in [0, 0.05) is 17.2 Å². The van der Waals surface area contributed by atoms with Gasteiger partial charge >= 0.3 is 5.69 Å². The number of methoxy groups -OCH3 is 2. The molecule has 30 heavy (non-hydrogen) atoms. The number of hydrogen-bond donors (Lipinski definition) is 3. The zero-order chi connectivity index (χ0) is 21.9. The van der Waals surface area contributed by atoms with Crippen LogP contribution in [0.3, 0.4) is 0 Å². The van der Waals surface area contributed by atoms with E-state index in [9.17, 15) is 19.4 Å². The maximum Gasteiger partial charge on any atom is 0.351 e. The molecule has 0 radical (unpaired) electrons. The Morgan fingerprint density at radius 1 is 1.43 bits per heavy atom. The number of rotatable bonds is 7. The van der Waals surface area contributed by atoms with Crippen LogP contribution in [0.25, 0.3) is 10.4 Å². The van der Waals surface area contributed by atoms with Crippen LogP contribution in [-0.4, -0.2) is 58.6 Å². The molecular weight excluding hydrogens is 403 g/mol. The van der Waals surface area contributed by atoms with Gasteiger partial charge in [-0.1, -0.05) is 5.11 Å². The molecule has 0 amide bonds. The highest BCUT2D eigenvalue weighted by molar-refractivity contribution is 5.65. The van der Waals surface area contributed by atoms with Crippen LogP contribution in [0.4, 0.5) is 15.9 Å². The standard InChI is InChI=1S/C17H19FN6O6/c1-28-9-3-4-10(11(7-9)29-2)20-12-5-6-24(16(27)21-12)15-13(18)14(26)17(8-25,30-15)22-23-19/h3-7,13-15,25-26H,8H2,1-2H3,(H,20,21,27)/t13-,14-,15+,17+/m0/s1. The van der Waals surface area contributed by atoms with Crippen molar-refractivity contribution in [3.05, 3.63) is 51.4 Å². The van der Waals surface area contributed by atoms with Gasteiger partial charge in [-0.05, 0) is 23.7 Å². The molecule has 2 heterocycles. The lowest BCUT2D eigenvalue weighted by Gasteiger charge is -2.23. The van der Waals surface area contributed by atoms with E-state index in [4.69, 9.17) is 19.7 Å². The van der Waals surface area contributed by atoms with Gasteiger partial charge in [-0.25, -0.2) is 9.18 Å². The summed E-state index contributed by atoms with van der Waals surface area (Å²) in [5, 5.41) is 25.5. The van der Waals surface area contributed by atoms with Crippen LogP contribution < -0.4 is 20.5 Å². The number of azide groups is 1. The van der Waals surface area contributed by atoms with Crippen LogP contribution in [0.15, 0.2) is 40.4 Å². The van der Waals surface area contributed by atoms with Crippen molar-refractivity contribution in [2.75, 3.05) is 26.1 Å². The summed E-state index contributed by atoms with van der Waals surface area (Å²) in [6.45, 7) is -0.978. The van der Waals surface area contributed by atoms with Crippen LogP contribution >= 0.6 is 0 Å². The lowest BCUT2D eigenvalue weighted by molar-refractivity contribution is -0.124. The Labute approximate surface area is 169 Å². The third-order valence-corrected chi connectivity index (χ3v) is 4.58. The fourth-order valence-electron chi connectivity index (χ4n) is 3.00. The normalized spacial score (nSPS) is 25.4. The zero-order valence-electron chi connectivity index (χ0n) is 16.0. The molecule has 160 valence electrons. The van der Waals surface area contributed by atoms with E-state index in [0.717, 1.165) is 4.57 Å². The monoisotopic (exact) mass is 422 g/mol. The molecule has 0 bridgehead atoms. The number of nitrogens with one attached hydrogen (secondary N) is 1. The minimum Gasteiger partial charge on any atom is -0.497 e. The Balaban J connectivity index is 1.88. The second-order valence-corrected chi connectivity index (χ2v) is 6.28. The van der Waals surface area contributed by atoms with Crippen LogP contribution in [0, 0.1) is 0 Å². The van der Waals surface area contributed by atoms with Crippen LogP contribution in [-0.2, 0) is 4.74 Å². The minimum absolute atomic E-state index is 0.136. The highest BCUT2D eigenvalue weighted by Crippen LogP contribution is 2.39. The average molecular weight is 422 g/mol.